The lowest BCUT2D eigenvalue weighted by Gasteiger charge is -2.28. The van der Waals surface area contributed by atoms with Crippen LogP contribution in [0.15, 0.2) is 24.5 Å². The number of carbonyl (C=O) groups is 4. The number of aliphatic carboxylic acids is 1. The summed E-state index contributed by atoms with van der Waals surface area (Å²) < 4.78 is 5.37. The highest BCUT2D eigenvalue weighted by Gasteiger charge is 2.24. The van der Waals surface area contributed by atoms with Gasteiger partial charge in [-0.05, 0) is 45.7 Å². The summed E-state index contributed by atoms with van der Waals surface area (Å²) in [4.78, 5) is 53.2. The molecule has 13 nitrogen and oxygen atoms in total. The number of hydrogen-bond donors (Lipinski definition) is 7. The highest BCUT2D eigenvalue weighted by Crippen LogP contribution is 2.20. The van der Waals surface area contributed by atoms with E-state index >= 15 is 0 Å². The first kappa shape index (κ1) is 40.5. The number of rotatable bonds is 14. The lowest BCUT2D eigenvalue weighted by atomic mass is 10.2. The first-order chi connectivity index (χ1) is 19.3. The molecule has 0 saturated heterocycles. The first-order valence-electron chi connectivity index (χ1n) is 12.2. The smallest absolute Gasteiger partial charge is 0.410 e. The fourth-order valence-electron chi connectivity index (χ4n) is 2.87. The van der Waals surface area contributed by atoms with Crippen molar-refractivity contribution >= 4 is 76.1 Å². The molecule has 0 aliphatic heterocycles. The monoisotopic (exact) mass is 657 g/mol. The molecule has 234 valence electrons. The quantitative estimate of drug-likeness (QED) is 0.0296. The van der Waals surface area contributed by atoms with E-state index in [0.717, 1.165) is 0 Å². The molecule has 0 spiro atoms. The van der Waals surface area contributed by atoms with Gasteiger partial charge in [0.25, 0.3) is 5.91 Å². The van der Waals surface area contributed by atoms with Gasteiger partial charge in [0, 0.05) is 38.3 Å². The van der Waals surface area contributed by atoms with Crippen LogP contribution in [0.2, 0.25) is 5.15 Å². The SMILES string of the molecule is CC(C)(C)OC(=O)N(CCN(N)/C=C\N)CC(=O)Nc1ccc(C(=O)NCCCCCC(=O)O)nc1Cl.CCl.SS. The fourth-order valence-corrected chi connectivity index (χ4v) is 3.07. The molecule has 0 aliphatic rings. The largest absolute Gasteiger partial charge is 0.481 e. The number of aromatic nitrogens is 1. The van der Waals surface area contributed by atoms with Crippen molar-refractivity contribution in [1.82, 2.24) is 20.2 Å². The van der Waals surface area contributed by atoms with Crippen LogP contribution in [0.1, 0.15) is 56.9 Å². The van der Waals surface area contributed by atoms with Crippen LogP contribution in [-0.2, 0) is 14.3 Å². The van der Waals surface area contributed by atoms with Crippen molar-refractivity contribution in [3.05, 3.63) is 35.4 Å². The molecule has 0 aromatic carbocycles. The Kier molecular flexibility index (Phi) is 22.8. The normalized spacial score (nSPS) is 10.4. The maximum atomic E-state index is 12.7. The number of nitrogens with two attached hydrogens (primary N) is 2. The Morgan fingerprint density at radius 3 is 2.29 bits per heavy atom. The van der Waals surface area contributed by atoms with E-state index < -0.39 is 29.5 Å². The van der Waals surface area contributed by atoms with Crippen LogP contribution in [0.3, 0.4) is 0 Å². The Hall–Kier alpha value is -2.59. The highest BCUT2D eigenvalue weighted by atomic mass is 35.5. The van der Waals surface area contributed by atoms with Crippen molar-refractivity contribution in [2.24, 2.45) is 11.6 Å². The minimum Gasteiger partial charge on any atom is -0.481 e. The molecule has 0 radical (unpaired) electrons. The van der Waals surface area contributed by atoms with Crippen LogP contribution in [0.5, 0.6) is 0 Å². The van der Waals surface area contributed by atoms with Crippen molar-refractivity contribution in [3.63, 3.8) is 0 Å². The second kappa shape index (κ2) is 23.0. The first-order valence-corrected chi connectivity index (χ1v) is 15.0. The van der Waals surface area contributed by atoms with E-state index in [9.17, 15) is 19.2 Å². The number of thiol groups is 2. The zero-order chi connectivity index (χ0) is 32.0. The summed E-state index contributed by atoms with van der Waals surface area (Å²) in [5, 5.41) is 15.0. The number of carboxylic acids is 1. The van der Waals surface area contributed by atoms with Crippen molar-refractivity contribution in [3.8, 4) is 0 Å². The van der Waals surface area contributed by atoms with E-state index in [4.69, 9.17) is 33.0 Å². The number of hydrazine groups is 1. The van der Waals surface area contributed by atoms with Crippen molar-refractivity contribution in [2.75, 3.05) is 37.9 Å². The molecule has 0 unspecified atom stereocenters. The molecule has 1 rings (SSSR count). The third-order valence-electron chi connectivity index (χ3n) is 4.60. The van der Waals surface area contributed by atoms with Gasteiger partial charge in [-0.1, -0.05) is 18.0 Å². The number of nitrogens with one attached hydrogen (secondary N) is 2. The van der Waals surface area contributed by atoms with E-state index in [-0.39, 0.29) is 42.6 Å². The number of carboxylic acid groups (broad SMARTS) is 1. The Morgan fingerprint density at radius 1 is 1.12 bits per heavy atom. The third kappa shape index (κ3) is 20.0. The molecule has 1 heterocycles. The van der Waals surface area contributed by atoms with Gasteiger partial charge in [0.2, 0.25) is 5.91 Å². The van der Waals surface area contributed by atoms with Crippen LogP contribution in [-0.4, -0.2) is 82.0 Å². The van der Waals surface area contributed by atoms with Gasteiger partial charge < -0.3 is 31.2 Å². The van der Waals surface area contributed by atoms with Crippen LogP contribution in [0, 0.1) is 0 Å². The molecule has 0 aliphatic carbocycles. The molecular formula is C24H41Cl2N7O6S2. The van der Waals surface area contributed by atoms with Crippen LogP contribution in [0.4, 0.5) is 10.5 Å². The van der Waals surface area contributed by atoms with E-state index in [2.05, 4.69) is 50.5 Å². The molecule has 0 fully saturated rings. The van der Waals surface area contributed by atoms with E-state index in [1.54, 1.807) is 20.8 Å². The Balaban J connectivity index is 0. The average Bonchev–Trinajstić information content (AvgIpc) is 2.90. The number of anilines is 1. The summed E-state index contributed by atoms with van der Waals surface area (Å²) in [5.41, 5.74) is 4.75. The number of alkyl halides is 1. The van der Waals surface area contributed by atoms with Crippen LogP contribution >= 0.6 is 46.5 Å². The molecule has 0 bridgehead atoms. The molecule has 0 saturated carbocycles. The maximum Gasteiger partial charge on any atom is 0.410 e. The lowest BCUT2D eigenvalue weighted by molar-refractivity contribution is -0.137. The van der Waals surface area contributed by atoms with Crippen molar-refractivity contribution < 1.29 is 29.0 Å². The van der Waals surface area contributed by atoms with Gasteiger partial charge in [0.05, 0.1) is 12.2 Å². The Labute approximate surface area is 261 Å². The third-order valence-corrected chi connectivity index (χ3v) is 4.89. The van der Waals surface area contributed by atoms with Gasteiger partial charge in [0.15, 0.2) is 5.15 Å². The second-order valence-corrected chi connectivity index (χ2v) is 9.38. The second-order valence-electron chi connectivity index (χ2n) is 9.02. The summed E-state index contributed by atoms with van der Waals surface area (Å²) in [5.74, 6) is 3.87. The van der Waals surface area contributed by atoms with Gasteiger partial charge >= 0.3 is 12.1 Å². The topological polar surface area (TPSA) is 193 Å². The number of carbonyl (C=O) groups excluding carboxylic acids is 3. The molecule has 1 aromatic heterocycles. The van der Waals surface area contributed by atoms with Gasteiger partial charge in [-0.3, -0.25) is 19.3 Å². The molecule has 0 atom stereocenters. The number of ether oxygens (including phenoxy) is 1. The minimum absolute atomic E-state index is 0.0555. The lowest BCUT2D eigenvalue weighted by Crippen LogP contribution is -2.45. The predicted octanol–water partition coefficient (Wildman–Crippen LogP) is 3.51. The Bertz CT molecular complexity index is 984. The minimum atomic E-state index is -0.852. The van der Waals surface area contributed by atoms with E-state index in [1.165, 1.54) is 40.8 Å². The number of nitrogens with zero attached hydrogens (tertiary/aromatic N) is 3. The van der Waals surface area contributed by atoms with Crippen LogP contribution < -0.4 is 22.2 Å². The summed E-state index contributed by atoms with van der Waals surface area (Å²) in [6.45, 7) is 5.39. The van der Waals surface area contributed by atoms with Gasteiger partial charge in [0.1, 0.15) is 17.8 Å². The zero-order valence-electron chi connectivity index (χ0n) is 23.6. The summed E-state index contributed by atoms with van der Waals surface area (Å²) >= 11 is 17.2. The number of hydrogen-bond acceptors (Lipinski definition) is 11. The number of halogens is 2. The van der Waals surface area contributed by atoms with Crippen molar-refractivity contribution in [1.29, 1.82) is 0 Å². The van der Waals surface area contributed by atoms with Crippen LogP contribution in [0.25, 0.3) is 0 Å². The highest BCUT2D eigenvalue weighted by molar-refractivity contribution is 8.59. The number of unbranched alkanes of at least 4 members (excludes halogenated alkanes) is 2. The molecule has 41 heavy (non-hydrogen) atoms. The number of pyridine rings is 1. The predicted molar refractivity (Wildman–Crippen MR) is 168 cm³/mol. The van der Waals surface area contributed by atoms with E-state index in [0.29, 0.717) is 25.8 Å². The summed E-state index contributed by atoms with van der Waals surface area (Å²) in [6, 6.07) is 2.83. The number of amides is 3. The summed E-state index contributed by atoms with van der Waals surface area (Å²) in [6.07, 6.45) is 5.34. The standard InChI is InChI=1S/C23H36ClN7O6.CH3Cl.H2S2/c1-23(2,3)37-22(36)30(13-14-31(26)12-10-25)15-18(32)28-16-8-9-17(29-20(16)24)21(35)27-11-6-4-5-7-19(33)34;2*1-2/h8-10,12H,4-7,11,13-15,25-26H2,1-3H3,(H,27,35)(H,28,32)(H,33,34);1H3;1-2H/b12-10-;;. The van der Waals surface area contributed by atoms with Crippen molar-refractivity contribution in [2.45, 2.75) is 52.1 Å². The average molecular weight is 659 g/mol. The molecular weight excluding hydrogens is 617 g/mol. The molecule has 17 heteroatoms. The van der Waals surface area contributed by atoms with E-state index in [1.807, 2.05) is 0 Å². The van der Waals surface area contributed by atoms with Gasteiger partial charge in [-0.2, -0.15) is 0 Å². The molecule has 7 N–H and O–H groups in total. The summed E-state index contributed by atoms with van der Waals surface area (Å²) in [7, 11) is 0. The maximum absolute atomic E-state index is 12.7. The Morgan fingerprint density at radius 2 is 1.76 bits per heavy atom. The van der Waals surface area contributed by atoms with Gasteiger partial charge in [-0.15, -0.1) is 34.9 Å². The fraction of sp³-hybridized carbons (Fsp3) is 0.542. The molecule has 3 amide bonds. The molecule has 1 aromatic rings. The zero-order valence-corrected chi connectivity index (χ0v) is 26.9. The van der Waals surface area contributed by atoms with Gasteiger partial charge in [-0.25, -0.2) is 15.6 Å².